The Balaban J connectivity index is 1.68. The van der Waals surface area contributed by atoms with Gasteiger partial charge >= 0.3 is 19.2 Å². The van der Waals surface area contributed by atoms with Crippen LogP contribution in [0.15, 0.2) is 95.9 Å². The van der Waals surface area contributed by atoms with Crippen molar-refractivity contribution in [1.29, 1.82) is 0 Å². The highest BCUT2D eigenvalue weighted by Crippen LogP contribution is 2.60. The third-order valence-corrected chi connectivity index (χ3v) is 10.1. The van der Waals surface area contributed by atoms with E-state index in [4.69, 9.17) is 30.9 Å². The van der Waals surface area contributed by atoms with Crippen LogP contribution in [0, 0.1) is 0 Å². The smallest absolute Gasteiger partial charge is 0.399 e. The minimum absolute atomic E-state index is 0.0515. The summed E-state index contributed by atoms with van der Waals surface area (Å²) in [5, 5.41) is -0.627. The van der Waals surface area contributed by atoms with Gasteiger partial charge in [0, 0.05) is 13.1 Å². The Labute approximate surface area is 264 Å². The number of hydrogen-bond donors (Lipinski definition) is 2. The summed E-state index contributed by atoms with van der Waals surface area (Å²) in [7, 11) is -7.48. The number of sulfonamides is 1. The van der Waals surface area contributed by atoms with E-state index < -0.39 is 39.8 Å². The third-order valence-electron chi connectivity index (χ3n) is 6.96. The molecule has 0 saturated carbocycles. The van der Waals surface area contributed by atoms with Crippen molar-refractivity contribution in [3.05, 3.63) is 118 Å². The fourth-order valence-electron chi connectivity index (χ4n) is 4.62. The van der Waals surface area contributed by atoms with Crippen LogP contribution in [0.4, 0.5) is 8.78 Å². The molecule has 4 aromatic rings. The molecule has 45 heavy (non-hydrogen) atoms. The lowest BCUT2D eigenvalue weighted by atomic mass is 10.00. The highest BCUT2D eigenvalue weighted by molar-refractivity contribution is 7.89. The van der Waals surface area contributed by atoms with E-state index in [1.807, 2.05) is 24.3 Å². The lowest BCUT2D eigenvalue weighted by Gasteiger charge is -2.24. The zero-order valence-corrected chi connectivity index (χ0v) is 26.5. The summed E-state index contributed by atoms with van der Waals surface area (Å²) in [5.74, 6) is -0.381. The van der Waals surface area contributed by atoms with Crippen LogP contribution in [0.2, 0.25) is 5.02 Å². The number of nitrogens with zero attached hydrogens (tertiary/aromatic N) is 1. The van der Waals surface area contributed by atoms with Crippen molar-refractivity contribution in [3.8, 4) is 16.9 Å². The maximum atomic E-state index is 14.4. The molecule has 14 heteroatoms. The van der Waals surface area contributed by atoms with Gasteiger partial charge in [0.15, 0.2) is 0 Å². The number of ether oxygens (including phenoxy) is 2. The Morgan fingerprint density at radius 1 is 0.911 bits per heavy atom. The summed E-state index contributed by atoms with van der Waals surface area (Å²) in [6.07, 6.45) is 0.237. The molecule has 0 unspecified atom stereocenters. The molecule has 0 spiro atoms. The van der Waals surface area contributed by atoms with Gasteiger partial charge in [0.25, 0.3) is 0 Å². The highest BCUT2D eigenvalue weighted by Gasteiger charge is 2.51. The summed E-state index contributed by atoms with van der Waals surface area (Å²) in [5.41, 5.74) is -2.73. The van der Waals surface area contributed by atoms with Gasteiger partial charge in [0.1, 0.15) is 10.6 Å². The molecule has 0 amide bonds. The van der Waals surface area contributed by atoms with Crippen molar-refractivity contribution in [2.24, 2.45) is 0 Å². The normalized spacial score (nSPS) is 12.3. The predicted molar refractivity (Wildman–Crippen MR) is 165 cm³/mol. The summed E-state index contributed by atoms with van der Waals surface area (Å²) in [6, 6.07) is 23.2. The number of methoxy groups -OCH3 is 2. The van der Waals surface area contributed by atoms with Gasteiger partial charge in [-0.2, -0.15) is 13.1 Å². The number of benzene rings is 4. The van der Waals surface area contributed by atoms with Crippen LogP contribution in [-0.2, 0) is 38.0 Å². The molecule has 0 aliphatic carbocycles. The van der Waals surface area contributed by atoms with Crippen LogP contribution in [0.1, 0.15) is 27.0 Å². The summed E-state index contributed by atoms with van der Waals surface area (Å²) in [4.78, 5) is 30.1. The lowest BCUT2D eigenvalue weighted by Crippen LogP contribution is -2.33. The molecule has 0 bridgehead atoms. The topological polar surface area (TPSA) is 130 Å². The number of carbonyl (C=O) groups excluding carboxylic acids is 1. The first-order chi connectivity index (χ1) is 21.2. The van der Waals surface area contributed by atoms with E-state index in [2.05, 4.69) is 0 Å². The molecule has 0 aromatic heterocycles. The van der Waals surface area contributed by atoms with Gasteiger partial charge in [-0.3, -0.25) is 4.57 Å². The Kier molecular flexibility index (Phi) is 10.5. The first kappa shape index (κ1) is 34.2. The highest BCUT2D eigenvalue weighted by atomic mass is 35.5. The fraction of sp³-hybridized carbons (Fsp3) is 0.194. The van der Waals surface area contributed by atoms with Crippen LogP contribution in [0.5, 0.6) is 5.75 Å². The Bertz CT molecular complexity index is 1870. The van der Waals surface area contributed by atoms with Crippen molar-refractivity contribution < 1.29 is 45.8 Å². The second-order valence-corrected chi connectivity index (χ2v) is 13.9. The second-order valence-electron chi connectivity index (χ2n) is 9.91. The van der Waals surface area contributed by atoms with E-state index >= 15 is 0 Å². The average Bonchev–Trinajstić information content (AvgIpc) is 3.02. The van der Waals surface area contributed by atoms with E-state index in [9.17, 15) is 26.6 Å². The van der Waals surface area contributed by atoms with Gasteiger partial charge in [-0.25, -0.2) is 13.2 Å². The van der Waals surface area contributed by atoms with Crippen LogP contribution in [0.3, 0.4) is 0 Å². The lowest BCUT2D eigenvalue weighted by molar-refractivity contribution is 0.0565. The van der Waals surface area contributed by atoms with Gasteiger partial charge in [-0.05, 0) is 59.0 Å². The van der Waals surface area contributed by atoms with E-state index in [0.29, 0.717) is 5.56 Å². The molecule has 9 nitrogen and oxygen atoms in total. The zero-order chi connectivity index (χ0) is 33.0. The standard InChI is InChI=1S/C31H29ClF2NO8PS/c1-42-28-11-3-4-12-29(28)45(40,41)35(20-22-13-14-26(27(32)18-22)31(33,34)44(37,38)39)16-15-21-7-5-8-23(17-21)24-9-6-10-25(19-24)30(36)43-2/h3-14,17-19H,15-16,20H2,1-2H3,(H2,37,38,39). The van der Waals surface area contributed by atoms with Crippen molar-refractivity contribution in [2.45, 2.75) is 23.5 Å². The first-order valence-corrected chi connectivity index (χ1v) is 16.8. The molecule has 4 rings (SSSR count). The molecule has 0 aliphatic heterocycles. The van der Waals surface area contributed by atoms with E-state index in [0.717, 1.165) is 39.2 Å². The number of hydrogen-bond acceptors (Lipinski definition) is 6. The van der Waals surface area contributed by atoms with E-state index in [1.54, 1.807) is 30.3 Å². The summed E-state index contributed by atoms with van der Waals surface area (Å²) in [6.45, 7) is -0.354. The SMILES string of the molecule is COC(=O)c1cccc(-c2cccc(CCN(Cc3ccc(C(F)(F)P(=O)(O)O)c(Cl)c3)S(=O)(=O)c3ccccc3OC)c2)c1. The van der Waals surface area contributed by atoms with Gasteiger partial charge in [0.2, 0.25) is 10.0 Å². The molecular formula is C31H29ClF2NO8PS. The number of esters is 1. The van der Waals surface area contributed by atoms with Crippen LogP contribution < -0.4 is 4.74 Å². The van der Waals surface area contributed by atoms with E-state index in [-0.39, 0.29) is 35.7 Å². The van der Waals surface area contributed by atoms with Crippen molar-refractivity contribution in [3.63, 3.8) is 0 Å². The molecule has 4 aromatic carbocycles. The van der Waals surface area contributed by atoms with Crippen LogP contribution >= 0.6 is 19.2 Å². The number of para-hydroxylation sites is 1. The molecule has 238 valence electrons. The predicted octanol–water partition coefficient (Wildman–Crippen LogP) is 6.46. The number of carbonyl (C=O) groups is 1. The van der Waals surface area contributed by atoms with Gasteiger partial charge in [-0.15, -0.1) is 0 Å². The van der Waals surface area contributed by atoms with Gasteiger partial charge < -0.3 is 19.3 Å². The number of rotatable bonds is 12. The average molecular weight is 680 g/mol. The third kappa shape index (κ3) is 7.61. The largest absolute Gasteiger partial charge is 0.495 e. The summed E-state index contributed by atoms with van der Waals surface area (Å²) >= 11 is 6.03. The van der Waals surface area contributed by atoms with Crippen molar-refractivity contribution in [1.82, 2.24) is 4.31 Å². The summed E-state index contributed by atoms with van der Waals surface area (Å²) < 4.78 is 79.2. The minimum atomic E-state index is -5.88. The monoisotopic (exact) mass is 679 g/mol. The Morgan fingerprint density at radius 2 is 1.58 bits per heavy atom. The molecule has 2 N–H and O–H groups in total. The first-order valence-electron chi connectivity index (χ1n) is 13.3. The maximum absolute atomic E-state index is 14.4. The number of halogens is 3. The quantitative estimate of drug-likeness (QED) is 0.129. The molecule has 0 radical (unpaired) electrons. The van der Waals surface area contributed by atoms with Gasteiger partial charge in [0.05, 0.1) is 30.4 Å². The maximum Gasteiger partial charge on any atom is 0.399 e. The minimum Gasteiger partial charge on any atom is -0.495 e. The van der Waals surface area contributed by atoms with Crippen LogP contribution in [-0.4, -0.2) is 49.2 Å². The number of alkyl halides is 2. The zero-order valence-electron chi connectivity index (χ0n) is 24.1. The molecule has 0 heterocycles. The Hall–Kier alpha value is -3.64. The Morgan fingerprint density at radius 3 is 2.22 bits per heavy atom. The van der Waals surface area contributed by atoms with Crippen molar-refractivity contribution in [2.75, 3.05) is 20.8 Å². The molecular weight excluding hydrogens is 651 g/mol. The fourth-order valence-corrected chi connectivity index (χ4v) is 7.10. The van der Waals surface area contributed by atoms with Gasteiger partial charge in [-0.1, -0.05) is 72.3 Å². The molecule has 0 fully saturated rings. The van der Waals surface area contributed by atoms with E-state index in [1.165, 1.54) is 32.4 Å². The van der Waals surface area contributed by atoms with Crippen LogP contribution in [0.25, 0.3) is 11.1 Å². The van der Waals surface area contributed by atoms with Crippen molar-refractivity contribution >= 4 is 35.2 Å². The molecule has 0 aliphatic rings. The second kappa shape index (κ2) is 13.8. The molecule has 0 saturated heterocycles. The molecule has 0 atom stereocenters.